The van der Waals surface area contributed by atoms with Gasteiger partial charge in [0, 0.05) is 25.9 Å². The first-order chi connectivity index (χ1) is 13.5. The molecule has 0 spiro atoms. The van der Waals surface area contributed by atoms with Crippen LogP contribution in [0.3, 0.4) is 0 Å². The average Bonchev–Trinajstić information content (AvgIpc) is 3.02. The Bertz CT molecular complexity index is 1020. The Labute approximate surface area is 174 Å². The van der Waals surface area contributed by atoms with Crippen molar-refractivity contribution in [1.82, 2.24) is 0 Å². The molecule has 0 aliphatic rings. The summed E-state index contributed by atoms with van der Waals surface area (Å²) in [7, 11) is 1.62. The molecular weight excluding hydrogens is 392 g/mol. The molecule has 0 aliphatic carbocycles. The van der Waals surface area contributed by atoms with Crippen molar-refractivity contribution >= 4 is 34.8 Å². The zero-order valence-corrected chi connectivity index (χ0v) is 17.6. The maximum atomic E-state index is 12.5. The minimum Gasteiger partial charge on any atom is -0.496 e. The van der Waals surface area contributed by atoms with E-state index < -0.39 is 0 Å². The molecule has 0 radical (unpaired) electrons. The highest BCUT2D eigenvalue weighted by molar-refractivity contribution is 7.12. The Morgan fingerprint density at radius 3 is 2.64 bits per heavy atom. The van der Waals surface area contributed by atoms with Crippen LogP contribution < -0.4 is 9.47 Å². The molecule has 0 N–H and O–H groups in total. The zero-order valence-electron chi connectivity index (χ0n) is 16.0. The van der Waals surface area contributed by atoms with Crippen LogP contribution in [0.4, 0.5) is 0 Å². The summed E-state index contributed by atoms with van der Waals surface area (Å²) in [4.78, 5) is 14.6. The molecule has 0 saturated heterocycles. The van der Waals surface area contributed by atoms with Crippen LogP contribution in [0.25, 0.3) is 6.08 Å². The predicted molar refractivity (Wildman–Crippen MR) is 116 cm³/mol. The van der Waals surface area contributed by atoms with E-state index in [9.17, 15) is 4.79 Å². The van der Waals surface area contributed by atoms with Gasteiger partial charge in [0.25, 0.3) is 0 Å². The summed E-state index contributed by atoms with van der Waals surface area (Å²) >= 11 is 7.63. The standard InChI is InChI=1S/C23H21ClO3S/c1-15-11-21(16(2)28-15)22(25)9-7-17-8-10-23(26-3)18(12-17)14-27-20-6-4-5-19(24)13-20/h4-13H,14H2,1-3H3/b9-7+. The minimum atomic E-state index is 0.00870. The molecule has 0 aliphatic heterocycles. The second-order valence-electron chi connectivity index (χ2n) is 6.34. The molecule has 1 heterocycles. The third-order valence-corrected chi connectivity index (χ3v) is 5.43. The van der Waals surface area contributed by atoms with Gasteiger partial charge in [-0.1, -0.05) is 29.8 Å². The molecule has 144 valence electrons. The molecule has 0 fully saturated rings. The Morgan fingerprint density at radius 1 is 1.14 bits per heavy atom. The Kier molecular flexibility index (Phi) is 6.55. The number of halogens is 1. The summed E-state index contributed by atoms with van der Waals surface area (Å²) in [5.74, 6) is 1.43. The number of carbonyl (C=O) groups excluding carboxylic acids is 1. The lowest BCUT2D eigenvalue weighted by Crippen LogP contribution is -1.99. The van der Waals surface area contributed by atoms with E-state index in [2.05, 4.69) is 0 Å². The highest BCUT2D eigenvalue weighted by Gasteiger charge is 2.10. The second kappa shape index (κ2) is 9.09. The Hall–Kier alpha value is -2.56. The first-order valence-corrected chi connectivity index (χ1v) is 10.0. The molecule has 0 amide bonds. The van der Waals surface area contributed by atoms with Crippen LogP contribution in [0.1, 0.15) is 31.2 Å². The fourth-order valence-corrected chi connectivity index (χ4v) is 3.98. The van der Waals surface area contributed by atoms with Crippen molar-refractivity contribution in [2.24, 2.45) is 0 Å². The van der Waals surface area contributed by atoms with Crippen LogP contribution in [0.5, 0.6) is 11.5 Å². The summed E-state index contributed by atoms with van der Waals surface area (Å²) in [6, 6.07) is 14.9. The lowest BCUT2D eigenvalue weighted by molar-refractivity contribution is 0.104. The van der Waals surface area contributed by atoms with E-state index in [0.717, 1.165) is 32.2 Å². The maximum absolute atomic E-state index is 12.5. The van der Waals surface area contributed by atoms with Gasteiger partial charge in [-0.25, -0.2) is 0 Å². The molecule has 5 heteroatoms. The van der Waals surface area contributed by atoms with E-state index in [1.54, 1.807) is 36.7 Å². The molecule has 3 aromatic rings. The van der Waals surface area contributed by atoms with Crippen molar-refractivity contribution in [3.05, 3.63) is 86.1 Å². The number of benzene rings is 2. The molecule has 3 nitrogen and oxygen atoms in total. The minimum absolute atomic E-state index is 0.00870. The predicted octanol–water partition coefficient (Wildman–Crippen LogP) is 6.50. The van der Waals surface area contributed by atoms with E-state index >= 15 is 0 Å². The average molecular weight is 413 g/mol. The van der Waals surface area contributed by atoms with Gasteiger partial charge >= 0.3 is 0 Å². The van der Waals surface area contributed by atoms with Crippen LogP contribution in [-0.2, 0) is 6.61 Å². The van der Waals surface area contributed by atoms with Gasteiger partial charge in [-0.05, 0) is 61.9 Å². The lowest BCUT2D eigenvalue weighted by Gasteiger charge is -2.11. The molecule has 0 unspecified atom stereocenters. The number of aryl methyl sites for hydroxylation is 2. The molecular formula is C23H21ClO3S. The fourth-order valence-electron chi connectivity index (χ4n) is 2.87. The fraction of sp³-hybridized carbons (Fsp3) is 0.174. The first kappa shape index (κ1) is 20.2. The van der Waals surface area contributed by atoms with Crippen LogP contribution in [0.15, 0.2) is 54.6 Å². The van der Waals surface area contributed by atoms with Gasteiger partial charge in [0.05, 0.1) is 7.11 Å². The highest BCUT2D eigenvalue weighted by Crippen LogP contribution is 2.25. The van der Waals surface area contributed by atoms with Gasteiger partial charge in [-0.15, -0.1) is 11.3 Å². The van der Waals surface area contributed by atoms with Gasteiger partial charge in [-0.2, -0.15) is 0 Å². The maximum Gasteiger partial charge on any atom is 0.186 e. The zero-order chi connectivity index (χ0) is 20.1. The smallest absolute Gasteiger partial charge is 0.186 e. The summed E-state index contributed by atoms with van der Waals surface area (Å²) in [5, 5.41) is 0.624. The molecule has 3 rings (SSSR count). The van der Waals surface area contributed by atoms with E-state index in [0.29, 0.717) is 17.4 Å². The van der Waals surface area contributed by atoms with Crippen molar-refractivity contribution in [3.63, 3.8) is 0 Å². The van der Waals surface area contributed by atoms with E-state index in [1.165, 1.54) is 0 Å². The Morgan fingerprint density at radius 2 is 1.96 bits per heavy atom. The highest BCUT2D eigenvalue weighted by atomic mass is 35.5. The largest absolute Gasteiger partial charge is 0.496 e. The molecule has 0 atom stereocenters. The van der Waals surface area contributed by atoms with Crippen LogP contribution >= 0.6 is 22.9 Å². The third kappa shape index (κ3) is 5.03. The van der Waals surface area contributed by atoms with Crippen molar-refractivity contribution in [3.8, 4) is 11.5 Å². The van der Waals surface area contributed by atoms with Crippen LogP contribution in [-0.4, -0.2) is 12.9 Å². The van der Waals surface area contributed by atoms with Gasteiger partial charge in [0.1, 0.15) is 18.1 Å². The number of methoxy groups -OCH3 is 1. The molecule has 2 aromatic carbocycles. The SMILES string of the molecule is COc1ccc(/C=C/C(=O)c2cc(C)sc2C)cc1COc1cccc(Cl)c1. The summed E-state index contributed by atoms with van der Waals surface area (Å²) in [5.41, 5.74) is 2.56. The Balaban J connectivity index is 1.76. The number of allylic oxidation sites excluding steroid dienone is 1. The summed E-state index contributed by atoms with van der Waals surface area (Å²) in [6.45, 7) is 4.31. The summed E-state index contributed by atoms with van der Waals surface area (Å²) < 4.78 is 11.3. The van der Waals surface area contributed by atoms with Gasteiger partial charge in [0.15, 0.2) is 5.78 Å². The first-order valence-electron chi connectivity index (χ1n) is 8.81. The number of ether oxygens (including phenoxy) is 2. The second-order valence-corrected chi connectivity index (χ2v) is 8.24. The number of rotatable bonds is 7. The van der Waals surface area contributed by atoms with Crippen molar-refractivity contribution in [2.45, 2.75) is 20.5 Å². The molecule has 0 bridgehead atoms. The molecule has 1 aromatic heterocycles. The molecule has 28 heavy (non-hydrogen) atoms. The van der Waals surface area contributed by atoms with Crippen molar-refractivity contribution in [2.75, 3.05) is 7.11 Å². The summed E-state index contributed by atoms with van der Waals surface area (Å²) in [6.07, 6.45) is 3.43. The number of thiophene rings is 1. The normalized spacial score (nSPS) is 11.0. The topological polar surface area (TPSA) is 35.5 Å². The lowest BCUT2D eigenvalue weighted by atomic mass is 10.1. The number of ketones is 1. The van der Waals surface area contributed by atoms with Gasteiger partial charge in [0.2, 0.25) is 0 Å². The van der Waals surface area contributed by atoms with E-state index in [4.69, 9.17) is 21.1 Å². The quantitative estimate of drug-likeness (QED) is 0.328. The van der Waals surface area contributed by atoms with E-state index in [1.807, 2.05) is 56.3 Å². The van der Waals surface area contributed by atoms with Crippen LogP contribution in [0, 0.1) is 13.8 Å². The van der Waals surface area contributed by atoms with Crippen LogP contribution in [0.2, 0.25) is 5.02 Å². The number of carbonyl (C=O) groups is 1. The van der Waals surface area contributed by atoms with Gasteiger partial charge < -0.3 is 9.47 Å². The van der Waals surface area contributed by atoms with E-state index in [-0.39, 0.29) is 5.78 Å². The number of hydrogen-bond donors (Lipinski definition) is 0. The third-order valence-electron chi connectivity index (χ3n) is 4.23. The monoisotopic (exact) mass is 412 g/mol. The van der Waals surface area contributed by atoms with Crippen molar-refractivity contribution in [1.29, 1.82) is 0 Å². The van der Waals surface area contributed by atoms with Gasteiger partial charge in [-0.3, -0.25) is 4.79 Å². The number of hydrogen-bond acceptors (Lipinski definition) is 4. The molecule has 0 saturated carbocycles. The van der Waals surface area contributed by atoms with Crippen molar-refractivity contribution < 1.29 is 14.3 Å².